The number of urea groups is 1. The first-order valence-electron chi connectivity index (χ1n) is 8.08. The van der Waals surface area contributed by atoms with Crippen molar-refractivity contribution in [3.8, 4) is 0 Å². The molecule has 2 aliphatic rings. The van der Waals surface area contributed by atoms with Crippen molar-refractivity contribution in [1.82, 2.24) is 4.90 Å². The van der Waals surface area contributed by atoms with Crippen molar-refractivity contribution in [2.45, 2.75) is 39.0 Å². The summed E-state index contributed by atoms with van der Waals surface area (Å²) in [6, 6.07) is 10.1. The zero-order chi connectivity index (χ0) is 15.7. The van der Waals surface area contributed by atoms with Gasteiger partial charge in [0.05, 0.1) is 18.2 Å². The first kappa shape index (κ1) is 15.1. The second-order valence-electron chi connectivity index (χ2n) is 6.32. The van der Waals surface area contributed by atoms with Crippen LogP contribution in [0.3, 0.4) is 0 Å². The van der Waals surface area contributed by atoms with E-state index in [0.29, 0.717) is 12.5 Å². The fourth-order valence-corrected chi connectivity index (χ4v) is 3.45. The molecule has 0 N–H and O–H groups in total. The molecule has 0 bridgehead atoms. The largest absolute Gasteiger partial charge is 0.372 e. The monoisotopic (exact) mass is 300 g/mol. The van der Waals surface area contributed by atoms with Crippen LogP contribution < -0.4 is 4.90 Å². The molecule has 2 amide bonds. The number of hydrogen-bond donors (Lipinski definition) is 0. The number of rotatable bonds is 5. The van der Waals surface area contributed by atoms with Gasteiger partial charge in [0.2, 0.25) is 0 Å². The Morgan fingerprint density at radius 3 is 2.55 bits per heavy atom. The topological polar surface area (TPSA) is 32.8 Å². The summed E-state index contributed by atoms with van der Waals surface area (Å²) in [6.07, 6.45) is 4.22. The van der Waals surface area contributed by atoms with Crippen LogP contribution in [0.15, 0.2) is 42.5 Å². The second-order valence-corrected chi connectivity index (χ2v) is 6.32. The van der Waals surface area contributed by atoms with Crippen molar-refractivity contribution in [3.05, 3.63) is 42.5 Å². The summed E-state index contributed by atoms with van der Waals surface area (Å²) >= 11 is 0. The van der Waals surface area contributed by atoms with E-state index in [1.807, 2.05) is 47.1 Å². The molecule has 1 fully saturated rings. The number of para-hydroxylation sites is 1. The van der Waals surface area contributed by atoms with Gasteiger partial charge in [-0.3, -0.25) is 4.90 Å². The molecule has 1 saturated heterocycles. The summed E-state index contributed by atoms with van der Waals surface area (Å²) in [4.78, 5) is 16.9. The van der Waals surface area contributed by atoms with E-state index in [1.54, 1.807) is 0 Å². The second kappa shape index (κ2) is 6.13. The van der Waals surface area contributed by atoms with Gasteiger partial charge in [0.15, 0.2) is 0 Å². The molecule has 0 spiro atoms. The average molecular weight is 300 g/mol. The number of amides is 2. The summed E-state index contributed by atoms with van der Waals surface area (Å²) in [7, 11) is 0. The van der Waals surface area contributed by atoms with Crippen LogP contribution in [0.4, 0.5) is 10.5 Å². The number of nitrogens with zero attached hydrogens (tertiary/aromatic N) is 2. The van der Waals surface area contributed by atoms with Crippen LogP contribution in [-0.2, 0) is 4.74 Å². The Labute approximate surface area is 132 Å². The van der Waals surface area contributed by atoms with Crippen molar-refractivity contribution in [1.29, 1.82) is 0 Å². The van der Waals surface area contributed by atoms with E-state index in [9.17, 15) is 4.79 Å². The van der Waals surface area contributed by atoms with Crippen LogP contribution in [0.1, 0.15) is 20.8 Å². The normalized spacial score (nSPS) is 27.1. The van der Waals surface area contributed by atoms with Gasteiger partial charge in [-0.1, -0.05) is 44.2 Å². The van der Waals surface area contributed by atoms with E-state index in [2.05, 4.69) is 26.0 Å². The van der Waals surface area contributed by atoms with E-state index < -0.39 is 0 Å². The summed E-state index contributed by atoms with van der Waals surface area (Å²) in [5.41, 5.74) is 0.954. The van der Waals surface area contributed by atoms with Crippen molar-refractivity contribution in [3.63, 3.8) is 0 Å². The lowest BCUT2D eigenvalue weighted by molar-refractivity contribution is 0.0448. The smallest absolute Gasteiger partial charge is 0.325 e. The number of ether oxygens (including phenoxy) is 1. The lowest BCUT2D eigenvalue weighted by atomic mass is 10.1. The minimum absolute atomic E-state index is 0.00795. The first-order chi connectivity index (χ1) is 10.6. The number of hydrogen-bond acceptors (Lipinski definition) is 2. The molecule has 118 valence electrons. The quantitative estimate of drug-likeness (QED) is 0.782. The van der Waals surface area contributed by atoms with Gasteiger partial charge in [0, 0.05) is 18.8 Å². The minimum Gasteiger partial charge on any atom is -0.372 e. The van der Waals surface area contributed by atoms with Gasteiger partial charge in [-0.05, 0) is 25.0 Å². The number of benzene rings is 1. The Kier molecular flexibility index (Phi) is 4.21. The third-order valence-corrected chi connectivity index (χ3v) is 4.25. The predicted molar refractivity (Wildman–Crippen MR) is 88.0 cm³/mol. The molecular formula is C18H24N2O2. The first-order valence-corrected chi connectivity index (χ1v) is 8.08. The van der Waals surface area contributed by atoms with E-state index >= 15 is 0 Å². The van der Waals surface area contributed by atoms with Crippen LogP contribution in [0.5, 0.6) is 0 Å². The number of fused-ring (bicyclic) bond motifs is 1. The molecule has 1 aromatic carbocycles. The molecule has 1 heterocycles. The van der Waals surface area contributed by atoms with E-state index in [4.69, 9.17) is 4.74 Å². The minimum atomic E-state index is -0.00795. The standard InChI is InChI=1S/C18H24N2O2/c1-4-22-16-11-10-15-17(16)19(12-13(2)3)18(21)20(15)14-8-6-5-7-9-14/h5-11,13,15-17H,4,12H2,1-3H3/t15-,16-,17-/m1/s1. The maximum absolute atomic E-state index is 13.0. The molecule has 1 aliphatic heterocycles. The van der Waals surface area contributed by atoms with Gasteiger partial charge in [-0.15, -0.1) is 0 Å². The SMILES string of the molecule is CCO[C@@H]1C=C[C@@H]2[C@H]1N(CC(C)C)C(=O)N2c1ccccc1. The number of carbonyl (C=O) groups is 1. The van der Waals surface area contributed by atoms with Gasteiger partial charge < -0.3 is 9.64 Å². The highest BCUT2D eigenvalue weighted by atomic mass is 16.5. The maximum Gasteiger partial charge on any atom is 0.325 e. The van der Waals surface area contributed by atoms with E-state index in [-0.39, 0.29) is 24.2 Å². The fraction of sp³-hybridized carbons (Fsp3) is 0.500. The average Bonchev–Trinajstić information content (AvgIpc) is 3.00. The Balaban J connectivity index is 1.94. The molecule has 4 heteroatoms. The third kappa shape index (κ3) is 2.52. The zero-order valence-corrected chi connectivity index (χ0v) is 13.5. The fourth-order valence-electron chi connectivity index (χ4n) is 3.45. The molecule has 3 rings (SSSR count). The van der Waals surface area contributed by atoms with Gasteiger partial charge in [-0.2, -0.15) is 0 Å². The Morgan fingerprint density at radius 1 is 1.18 bits per heavy atom. The molecule has 0 radical (unpaired) electrons. The third-order valence-electron chi connectivity index (χ3n) is 4.25. The van der Waals surface area contributed by atoms with Crippen molar-refractivity contribution in [2.24, 2.45) is 5.92 Å². The van der Waals surface area contributed by atoms with Crippen LogP contribution in [0, 0.1) is 5.92 Å². The Morgan fingerprint density at radius 2 is 1.91 bits per heavy atom. The van der Waals surface area contributed by atoms with Gasteiger partial charge in [0.1, 0.15) is 0 Å². The van der Waals surface area contributed by atoms with Crippen molar-refractivity contribution < 1.29 is 9.53 Å². The summed E-state index contributed by atoms with van der Waals surface area (Å²) in [5, 5.41) is 0. The number of carbonyl (C=O) groups excluding carboxylic acids is 1. The molecule has 22 heavy (non-hydrogen) atoms. The van der Waals surface area contributed by atoms with Crippen LogP contribution in [0.2, 0.25) is 0 Å². The predicted octanol–water partition coefficient (Wildman–Crippen LogP) is 3.30. The summed E-state index contributed by atoms with van der Waals surface area (Å²) in [6.45, 7) is 7.71. The van der Waals surface area contributed by atoms with Crippen molar-refractivity contribution in [2.75, 3.05) is 18.1 Å². The summed E-state index contributed by atoms with van der Waals surface area (Å²) in [5.74, 6) is 0.434. The Bertz CT molecular complexity index is 555. The van der Waals surface area contributed by atoms with Gasteiger partial charge in [-0.25, -0.2) is 4.79 Å². The maximum atomic E-state index is 13.0. The lowest BCUT2D eigenvalue weighted by Gasteiger charge is -2.28. The molecule has 3 atom stereocenters. The number of anilines is 1. The van der Waals surface area contributed by atoms with Crippen LogP contribution in [-0.4, -0.2) is 42.3 Å². The van der Waals surface area contributed by atoms with Crippen LogP contribution in [0.25, 0.3) is 0 Å². The highest BCUT2D eigenvalue weighted by Crippen LogP contribution is 2.36. The van der Waals surface area contributed by atoms with Gasteiger partial charge in [0.25, 0.3) is 0 Å². The van der Waals surface area contributed by atoms with Gasteiger partial charge >= 0.3 is 6.03 Å². The molecule has 1 aliphatic carbocycles. The molecular weight excluding hydrogens is 276 g/mol. The van der Waals surface area contributed by atoms with E-state index in [0.717, 1.165) is 12.2 Å². The Hall–Kier alpha value is -1.81. The molecule has 0 aromatic heterocycles. The van der Waals surface area contributed by atoms with E-state index in [1.165, 1.54) is 0 Å². The highest BCUT2D eigenvalue weighted by molar-refractivity contribution is 5.96. The van der Waals surface area contributed by atoms with Crippen molar-refractivity contribution >= 4 is 11.7 Å². The highest BCUT2D eigenvalue weighted by Gasteiger charge is 2.51. The lowest BCUT2D eigenvalue weighted by Crippen LogP contribution is -2.44. The molecule has 1 aromatic rings. The van der Waals surface area contributed by atoms with Crippen LogP contribution >= 0.6 is 0 Å². The molecule has 0 unspecified atom stereocenters. The summed E-state index contributed by atoms with van der Waals surface area (Å²) < 4.78 is 5.85. The molecule has 0 saturated carbocycles. The zero-order valence-electron chi connectivity index (χ0n) is 13.5. The molecule has 4 nitrogen and oxygen atoms in total.